The van der Waals surface area contributed by atoms with Gasteiger partial charge in [-0.1, -0.05) is 0 Å². The Kier molecular flexibility index (Phi) is 8.85. The number of hydrogen-bond acceptors (Lipinski definition) is 16. The monoisotopic (exact) mass is 504 g/mol. The van der Waals surface area contributed by atoms with E-state index in [0.29, 0.717) is 0 Å². The summed E-state index contributed by atoms with van der Waals surface area (Å²) in [6, 6.07) is 0. The van der Waals surface area contributed by atoms with E-state index >= 15 is 0 Å². The molecule has 0 amide bonds. The van der Waals surface area contributed by atoms with E-state index in [1.807, 2.05) is 0 Å². The minimum atomic E-state index is -2.34. The summed E-state index contributed by atoms with van der Waals surface area (Å²) in [4.78, 5) is 0. The van der Waals surface area contributed by atoms with Crippen LogP contribution in [0.3, 0.4) is 0 Å². The number of aliphatic hydroxyl groups excluding tert-OH is 11. The van der Waals surface area contributed by atoms with Crippen LogP contribution >= 0.6 is 0 Å². The molecule has 16 nitrogen and oxygen atoms in total. The van der Waals surface area contributed by atoms with E-state index in [0.717, 1.165) is 0 Å². The molecule has 13 atom stereocenters. The Hall–Kier alpha value is -0.640. The van der Waals surface area contributed by atoms with Gasteiger partial charge in [-0.15, -0.1) is 0 Å². The van der Waals surface area contributed by atoms with Gasteiger partial charge in [-0.2, -0.15) is 0 Å². The summed E-state index contributed by atoms with van der Waals surface area (Å²) in [5.74, 6) is -4.64. The van der Waals surface area contributed by atoms with Gasteiger partial charge in [0, 0.05) is 0 Å². The summed E-state index contributed by atoms with van der Waals surface area (Å²) < 4.78 is 26.7. The van der Waals surface area contributed by atoms with Crippen LogP contribution in [-0.2, 0) is 23.7 Å². The normalized spacial score (nSPS) is 51.8. The van der Waals surface area contributed by atoms with Gasteiger partial charge in [-0.05, 0) is 0 Å². The van der Waals surface area contributed by atoms with Crippen molar-refractivity contribution in [3.05, 3.63) is 0 Å². The first-order valence-electron chi connectivity index (χ1n) is 10.5. The molecule has 3 aliphatic heterocycles. The predicted octanol–water partition coefficient (Wildman–Crippen LogP) is -7.57. The average Bonchev–Trinajstić information content (AvgIpc) is 3.23. The lowest BCUT2D eigenvalue weighted by atomic mass is 9.99. The van der Waals surface area contributed by atoms with Crippen molar-refractivity contribution < 1.29 is 79.9 Å². The van der Waals surface area contributed by atoms with Crippen molar-refractivity contribution in [3.63, 3.8) is 0 Å². The highest BCUT2D eigenvalue weighted by molar-refractivity contribution is 5.01. The molecule has 200 valence electrons. The lowest BCUT2D eigenvalue weighted by Crippen LogP contribution is -2.60. The molecule has 0 spiro atoms. The van der Waals surface area contributed by atoms with Gasteiger partial charge in [0.05, 0.1) is 19.8 Å². The van der Waals surface area contributed by atoms with Crippen molar-refractivity contribution in [2.45, 2.75) is 78.9 Å². The van der Waals surface area contributed by atoms with E-state index in [-0.39, 0.29) is 0 Å². The first kappa shape index (κ1) is 27.9. The summed E-state index contributed by atoms with van der Waals surface area (Å²) in [5, 5.41) is 109. The lowest BCUT2D eigenvalue weighted by molar-refractivity contribution is -0.352. The summed E-state index contributed by atoms with van der Waals surface area (Å²) in [5.41, 5.74) is 0. The van der Waals surface area contributed by atoms with E-state index in [2.05, 4.69) is 0 Å². The molecule has 3 saturated heterocycles. The standard InChI is InChI=1S/C18H32O16/c19-1-6-10(23)14(27)17(4-21,33-6)31-5-18(15(28)11(24)7(2-20)34-18)30-3-8-9(22)12(25)13(26)16(29)32-8/h6-16,19-29H,1-5H2/t6-,7-,8-,9-,10-,11-,12+,13-,14+,15+,16?,17-,18-/m1/s1. The molecule has 0 aromatic rings. The van der Waals surface area contributed by atoms with Crippen LogP contribution in [0.25, 0.3) is 0 Å². The van der Waals surface area contributed by atoms with Crippen LogP contribution in [0.4, 0.5) is 0 Å². The SMILES string of the molecule is OC[C@H]1O[C@@](CO)(OC[C@@]2(OC[C@H]3OC(O)[C@H](O)[C@@H](O)[C@@H]3O)O[C@H](CO)[C@@H](O)[C@@H]2O)[C@@H](O)[C@@H]1O. The zero-order chi connectivity index (χ0) is 25.4. The number of aliphatic hydroxyl groups is 11. The van der Waals surface area contributed by atoms with Crippen molar-refractivity contribution in [1.82, 2.24) is 0 Å². The van der Waals surface area contributed by atoms with Crippen LogP contribution in [0.1, 0.15) is 0 Å². The van der Waals surface area contributed by atoms with E-state index < -0.39 is 112 Å². The third kappa shape index (κ3) is 4.83. The molecule has 3 heterocycles. The maximum absolute atomic E-state index is 10.6. The summed E-state index contributed by atoms with van der Waals surface area (Å²) >= 11 is 0. The van der Waals surface area contributed by atoms with Crippen molar-refractivity contribution in [3.8, 4) is 0 Å². The predicted molar refractivity (Wildman–Crippen MR) is 101 cm³/mol. The highest BCUT2D eigenvalue weighted by Gasteiger charge is 2.60. The number of rotatable bonds is 9. The molecule has 0 bridgehead atoms. The van der Waals surface area contributed by atoms with E-state index in [1.54, 1.807) is 0 Å². The maximum atomic E-state index is 10.6. The fourth-order valence-electron chi connectivity index (χ4n) is 4.10. The molecule has 3 fully saturated rings. The highest BCUT2D eigenvalue weighted by Crippen LogP contribution is 2.38. The topological polar surface area (TPSA) is 269 Å². The zero-order valence-electron chi connectivity index (χ0n) is 17.8. The number of hydrogen-bond donors (Lipinski definition) is 11. The van der Waals surface area contributed by atoms with Gasteiger partial charge in [0.1, 0.15) is 74.3 Å². The van der Waals surface area contributed by atoms with Crippen molar-refractivity contribution >= 4 is 0 Å². The molecule has 0 aliphatic carbocycles. The summed E-state index contributed by atoms with van der Waals surface area (Å²) in [6.45, 7) is -4.15. The Labute approximate surface area is 192 Å². The van der Waals surface area contributed by atoms with Gasteiger partial charge in [-0.25, -0.2) is 0 Å². The van der Waals surface area contributed by atoms with Crippen molar-refractivity contribution in [1.29, 1.82) is 0 Å². The van der Waals surface area contributed by atoms with Crippen LogP contribution in [0.15, 0.2) is 0 Å². The van der Waals surface area contributed by atoms with Gasteiger partial charge in [0.25, 0.3) is 0 Å². The Morgan fingerprint density at radius 3 is 1.62 bits per heavy atom. The number of ether oxygens (including phenoxy) is 5. The lowest BCUT2D eigenvalue weighted by Gasteiger charge is -2.41. The summed E-state index contributed by atoms with van der Waals surface area (Å²) in [7, 11) is 0. The molecular formula is C18H32O16. The molecule has 16 heteroatoms. The van der Waals surface area contributed by atoms with Gasteiger partial charge in [-0.3, -0.25) is 0 Å². The van der Waals surface area contributed by atoms with Gasteiger partial charge in [0.2, 0.25) is 11.6 Å². The van der Waals surface area contributed by atoms with E-state index in [1.165, 1.54) is 0 Å². The molecule has 0 saturated carbocycles. The summed E-state index contributed by atoms with van der Waals surface area (Å²) in [6.07, 6.45) is -18.6. The molecule has 0 aromatic carbocycles. The van der Waals surface area contributed by atoms with Crippen LogP contribution in [0, 0.1) is 0 Å². The quantitative estimate of drug-likeness (QED) is 0.139. The van der Waals surface area contributed by atoms with Crippen LogP contribution in [0.2, 0.25) is 0 Å². The Morgan fingerprint density at radius 1 is 0.588 bits per heavy atom. The van der Waals surface area contributed by atoms with Gasteiger partial charge < -0.3 is 79.9 Å². The first-order chi connectivity index (χ1) is 16.0. The fraction of sp³-hybridized carbons (Fsp3) is 1.00. The van der Waals surface area contributed by atoms with Gasteiger partial charge >= 0.3 is 0 Å². The van der Waals surface area contributed by atoms with Gasteiger partial charge in [0.15, 0.2) is 6.29 Å². The highest BCUT2D eigenvalue weighted by atomic mass is 16.8. The Balaban J connectivity index is 1.79. The molecule has 3 aliphatic rings. The van der Waals surface area contributed by atoms with E-state index in [4.69, 9.17) is 23.7 Å². The average molecular weight is 504 g/mol. The molecule has 3 rings (SSSR count). The third-order valence-electron chi connectivity index (χ3n) is 6.29. The van der Waals surface area contributed by atoms with Crippen LogP contribution in [-0.4, -0.2) is 168 Å². The van der Waals surface area contributed by atoms with Crippen LogP contribution < -0.4 is 0 Å². The first-order valence-corrected chi connectivity index (χ1v) is 10.5. The molecule has 34 heavy (non-hydrogen) atoms. The molecule has 11 N–H and O–H groups in total. The third-order valence-corrected chi connectivity index (χ3v) is 6.29. The second kappa shape index (κ2) is 10.8. The minimum absolute atomic E-state index is 0.718. The fourth-order valence-corrected chi connectivity index (χ4v) is 4.10. The second-order valence-electron chi connectivity index (χ2n) is 8.47. The minimum Gasteiger partial charge on any atom is -0.394 e. The zero-order valence-corrected chi connectivity index (χ0v) is 17.8. The molecule has 0 radical (unpaired) electrons. The molecule has 0 aromatic heterocycles. The second-order valence-corrected chi connectivity index (χ2v) is 8.47. The molecule has 1 unspecified atom stereocenters. The van der Waals surface area contributed by atoms with Crippen molar-refractivity contribution in [2.24, 2.45) is 0 Å². The largest absolute Gasteiger partial charge is 0.394 e. The van der Waals surface area contributed by atoms with E-state index in [9.17, 15) is 56.2 Å². The maximum Gasteiger partial charge on any atom is 0.222 e. The Morgan fingerprint density at radius 2 is 1.12 bits per heavy atom. The molecular weight excluding hydrogens is 472 g/mol. The smallest absolute Gasteiger partial charge is 0.222 e. The van der Waals surface area contributed by atoms with Crippen LogP contribution in [0.5, 0.6) is 0 Å². The Bertz CT molecular complexity index is 670. The van der Waals surface area contributed by atoms with Crippen molar-refractivity contribution in [2.75, 3.05) is 33.0 Å².